The van der Waals surface area contributed by atoms with Crippen LogP contribution in [0.2, 0.25) is 0 Å². The van der Waals surface area contributed by atoms with Gasteiger partial charge in [0.2, 0.25) is 0 Å². The number of nitrogens with one attached hydrogen (secondary N) is 1. The van der Waals surface area contributed by atoms with Crippen LogP contribution in [0.3, 0.4) is 0 Å². The van der Waals surface area contributed by atoms with E-state index < -0.39 is 0 Å². The molecule has 0 spiro atoms. The standard InChI is InChI=1S/C9H15BrN2/c1-5-6-7(9(2,3)4)12-8(10)11-6/h5H2,1-4H3,(H,11,12). The number of hydrogen-bond acceptors (Lipinski definition) is 1. The molecule has 0 saturated carbocycles. The molecule has 0 aromatic carbocycles. The number of hydrogen-bond donors (Lipinski definition) is 1. The normalized spacial score (nSPS) is 12.1. The third-order valence-corrected chi connectivity index (χ3v) is 2.19. The van der Waals surface area contributed by atoms with Gasteiger partial charge < -0.3 is 4.98 Å². The summed E-state index contributed by atoms with van der Waals surface area (Å²) in [7, 11) is 0. The summed E-state index contributed by atoms with van der Waals surface area (Å²) in [6.07, 6.45) is 1.01. The first-order valence-electron chi connectivity index (χ1n) is 4.20. The monoisotopic (exact) mass is 230 g/mol. The van der Waals surface area contributed by atoms with Crippen LogP contribution in [0.25, 0.3) is 0 Å². The Hall–Kier alpha value is -0.310. The topological polar surface area (TPSA) is 28.7 Å². The molecule has 0 atom stereocenters. The minimum absolute atomic E-state index is 0.133. The van der Waals surface area contributed by atoms with Crippen LogP contribution in [0.4, 0.5) is 0 Å². The molecule has 1 rings (SSSR count). The van der Waals surface area contributed by atoms with Crippen molar-refractivity contribution in [2.75, 3.05) is 0 Å². The quantitative estimate of drug-likeness (QED) is 0.790. The highest BCUT2D eigenvalue weighted by Crippen LogP contribution is 2.25. The summed E-state index contributed by atoms with van der Waals surface area (Å²) >= 11 is 3.35. The molecule has 68 valence electrons. The molecule has 1 N–H and O–H groups in total. The van der Waals surface area contributed by atoms with E-state index in [9.17, 15) is 0 Å². The van der Waals surface area contributed by atoms with Crippen LogP contribution in [0.15, 0.2) is 4.73 Å². The molecule has 0 aliphatic carbocycles. The Morgan fingerprint density at radius 2 is 2.00 bits per heavy atom. The summed E-state index contributed by atoms with van der Waals surface area (Å²) in [6, 6.07) is 0. The molecule has 0 amide bonds. The average molecular weight is 231 g/mol. The SMILES string of the molecule is CCc1[nH]c(Br)nc1C(C)(C)C. The van der Waals surface area contributed by atoms with E-state index in [-0.39, 0.29) is 5.41 Å². The molecule has 12 heavy (non-hydrogen) atoms. The molecule has 3 heteroatoms. The zero-order chi connectivity index (χ0) is 9.35. The van der Waals surface area contributed by atoms with Gasteiger partial charge in [0.15, 0.2) is 4.73 Å². The fourth-order valence-electron chi connectivity index (χ4n) is 1.25. The fourth-order valence-corrected chi connectivity index (χ4v) is 1.67. The number of imidazole rings is 1. The second-order valence-corrected chi connectivity index (χ2v) is 4.71. The summed E-state index contributed by atoms with van der Waals surface area (Å²) in [4.78, 5) is 7.62. The first-order valence-corrected chi connectivity index (χ1v) is 4.99. The third-order valence-electron chi connectivity index (χ3n) is 1.81. The van der Waals surface area contributed by atoms with Crippen molar-refractivity contribution >= 4 is 15.9 Å². The maximum absolute atomic E-state index is 4.41. The third kappa shape index (κ3) is 1.89. The molecule has 0 radical (unpaired) electrons. The van der Waals surface area contributed by atoms with Crippen LogP contribution in [0.1, 0.15) is 39.1 Å². The molecule has 0 fully saturated rings. The van der Waals surface area contributed by atoms with Crippen molar-refractivity contribution in [3.63, 3.8) is 0 Å². The lowest BCUT2D eigenvalue weighted by Crippen LogP contribution is -2.14. The minimum atomic E-state index is 0.133. The minimum Gasteiger partial charge on any atom is -0.336 e. The Balaban J connectivity index is 3.13. The fraction of sp³-hybridized carbons (Fsp3) is 0.667. The van der Waals surface area contributed by atoms with E-state index in [0.29, 0.717) is 0 Å². The van der Waals surface area contributed by atoms with Gasteiger partial charge in [-0.25, -0.2) is 4.98 Å². The molecular formula is C9H15BrN2. The Bertz CT molecular complexity index is 271. The molecule has 0 unspecified atom stereocenters. The van der Waals surface area contributed by atoms with Crippen molar-refractivity contribution in [2.45, 2.75) is 39.5 Å². The summed E-state index contributed by atoms with van der Waals surface area (Å²) in [5.41, 5.74) is 2.53. The van der Waals surface area contributed by atoms with E-state index >= 15 is 0 Å². The molecule has 0 saturated heterocycles. The number of aryl methyl sites for hydroxylation is 1. The van der Waals surface area contributed by atoms with Crippen molar-refractivity contribution < 1.29 is 0 Å². The van der Waals surface area contributed by atoms with Gasteiger partial charge in [0.1, 0.15) is 0 Å². The van der Waals surface area contributed by atoms with Crippen molar-refractivity contribution in [1.82, 2.24) is 9.97 Å². The molecule has 0 aliphatic rings. The van der Waals surface area contributed by atoms with E-state index in [4.69, 9.17) is 0 Å². The highest BCUT2D eigenvalue weighted by Gasteiger charge is 2.20. The second kappa shape index (κ2) is 3.21. The highest BCUT2D eigenvalue weighted by atomic mass is 79.9. The van der Waals surface area contributed by atoms with Crippen LogP contribution < -0.4 is 0 Å². The van der Waals surface area contributed by atoms with Crippen LogP contribution in [0, 0.1) is 0 Å². The average Bonchev–Trinajstić information content (AvgIpc) is 2.29. The zero-order valence-corrected chi connectivity index (χ0v) is 9.62. The Morgan fingerprint density at radius 1 is 1.42 bits per heavy atom. The number of H-pyrrole nitrogens is 1. The molecule has 1 aromatic heterocycles. The predicted octanol–water partition coefficient (Wildman–Crippen LogP) is 3.03. The van der Waals surface area contributed by atoms with Gasteiger partial charge in [0, 0.05) is 11.1 Å². The van der Waals surface area contributed by atoms with E-state index in [1.54, 1.807) is 0 Å². The van der Waals surface area contributed by atoms with Crippen molar-refractivity contribution in [2.24, 2.45) is 0 Å². The van der Waals surface area contributed by atoms with Gasteiger partial charge in [-0.3, -0.25) is 0 Å². The summed E-state index contributed by atoms with van der Waals surface area (Å²) < 4.78 is 0.837. The lowest BCUT2D eigenvalue weighted by molar-refractivity contribution is 0.564. The van der Waals surface area contributed by atoms with Gasteiger partial charge in [-0.1, -0.05) is 27.7 Å². The molecular weight excluding hydrogens is 216 g/mol. The zero-order valence-electron chi connectivity index (χ0n) is 8.03. The van der Waals surface area contributed by atoms with Gasteiger partial charge in [0.25, 0.3) is 0 Å². The van der Waals surface area contributed by atoms with E-state index in [0.717, 1.165) is 16.8 Å². The Kier molecular flexibility index (Phi) is 2.61. The maximum Gasteiger partial charge on any atom is 0.174 e. The lowest BCUT2D eigenvalue weighted by Gasteiger charge is -2.16. The number of rotatable bonds is 1. The molecule has 1 aromatic rings. The number of nitrogens with zero attached hydrogens (tertiary/aromatic N) is 1. The number of halogens is 1. The first kappa shape index (κ1) is 9.78. The molecule has 0 bridgehead atoms. The van der Waals surface area contributed by atoms with Gasteiger partial charge in [-0.2, -0.15) is 0 Å². The highest BCUT2D eigenvalue weighted by molar-refractivity contribution is 9.10. The van der Waals surface area contributed by atoms with Crippen molar-refractivity contribution in [3.05, 3.63) is 16.1 Å². The Morgan fingerprint density at radius 3 is 2.33 bits per heavy atom. The van der Waals surface area contributed by atoms with Crippen LogP contribution in [0.5, 0.6) is 0 Å². The Labute approximate surface area is 81.9 Å². The number of aromatic nitrogens is 2. The largest absolute Gasteiger partial charge is 0.336 e. The summed E-state index contributed by atoms with van der Waals surface area (Å²) in [6.45, 7) is 8.66. The molecule has 1 heterocycles. The summed E-state index contributed by atoms with van der Waals surface area (Å²) in [5, 5.41) is 0. The van der Waals surface area contributed by atoms with Crippen molar-refractivity contribution in [3.8, 4) is 0 Å². The van der Waals surface area contributed by atoms with Crippen LogP contribution in [-0.2, 0) is 11.8 Å². The molecule has 2 nitrogen and oxygen atoms in total. The lowest BCUT2D eigenvalue weighted by atomic mass is 9.90. The summed E-state index contributed by atoms with van der Waals surface area (Å²) in [5.74, 6) is 0. The van der Waals surface area contributed by atoms with Gasteiger partial charge in [-0.05, 0) is 22.4 Å². The number of aromatic amines is 1. The van der Waals surface area contributed by atoms with Gasteiger partial charge >= 0.3 is 0 Å². The van der Waals surface area contributed by atoms with E-state index in [1.165, 1.54) is 5.69 Å². The van der Waals surface area contributed by atoms with Crippen LogP contribution >= 0.6 is 15.9 Å². The van der Waals surface area contributed by atoms with Crippen molar-refractivity contribution in [1.29, 1.82) is 0 Å². The first-order chi connectivity index (χ1) is 5.45. The van der Waals surface area contributed by atoms with E-state index in [2.05, 4.69) is 53.6 Å². The maximum atomic E-state index is 4.41. The van der Waals surface area contributed by atoms with E-state index in [1.807, 2.05) is 0 Å². The van der Waals surface area contributed by atoms with Gasteiger partial charge in [0.05, 0.1) is 5.69 Å². The van der Waals surface area contributed by atoms with Gasteiger partial charge in [-0.15, -0.1) is 0 Å². The predicted molar refractivity (Wildman–Crippen MR) is 54.4 cm³/mol. The molecule has 0 aliphatic heterocycles. The second-order valence-electron chi connectivity index (χ2n) is 3.96. The van der Waals surface area contributed by atoms with Crippen LogP contribution in [-0.4, -0.2) is 9.97 Å². The smallest absolute Gasteiger partial charge is 0.174 e.